The van der Waals surface area contributed by atoms with Crippen LogP contribution in [0.3, 0.4) is 0 Å². The number of rotatable bonds is 7. The van der Waals surface area contributed by atoms with Crippen LogP contribution in [0.15, 0.2) is 30.3 Å². The van der Waals surface area contributed by atoms with Crippen LogP contribution in [0.2, 0.25) is 0 Å². The van der Waals surface area contributed by atoms with Gasteiger partial charge in [0.25, 0.3) is 0 Å². The Morgan fingerprint density at radius 2 is 1.95 bits per heavy atom. The molecule has 0 fully saturated rings. The average molecular weight is 263 g/mol. The Kier molecular flexibility index (Phi) is 6.03. The third-order valence-corrected chi connectivity index (χ3v) is 3.60. The quantitative estimate of drug-likeness (QED) is 0.769. The molecule has 1 aromatic carbocycles. The van der Waals surface area contributed by atoms with Crippen LogP contribution in [-0.4, -0.2) is 26.2 Å². The molecule has 19 heavy (non-hydrogen) atoms. The van der Waals surface area contributed by atoms with Gasteiger partial charge < -0.3 is 10.1 Å². The van der Waals surface area contributed by atoms with Gasteiger partial charge in [-0.2, -0.15) is 0 Å². The van der Waals surface area contributed by atoms with Crippen LogP contribution < -0.4 is 5.32 Å². The lowest BCUT2D eigenvalue weighted by Crippen LogP contribution is -2.34. The number of carbonyl (C=O) groups is 1. The zero-order valence-electron chi connectivity index (χ0n) is 12.4. The maximum atomic E-state index is 11.9. The topological polar surface area (TPSA) is 38.3 Å². The monoisotopic (exact) mass is 263 g/mol. The Morgan fingerprint density at radius 1 is 1.32 bits per heavy atom. The number of nitrogens with one attached hydrogen (secondary N) is 1. The lowest BCUT2D eigenvalue weighted by molar-refractivity contribution is -0.142. The van der Waals surface area contributed by atoms with Gasteiger partial charge in [0, 0.05) is 13.1 Å². The molecule has 0 aliphatic carbocycles. The molecule has 0 saturated heterocycles. The smallest absolute Gasteiger partial charge is 0.314 e. The van der Waals surface area contributed by atoms with Crippen molar-refractivity contribution in [3.63, 3.8) is 0 Å². The van der Waals surface area contributed by atoms with Crippen LogP contribution in [0.5, 0.6) is 0 Å². The summed E-state index contributed by atoms with van der Waals surface area (Å²) in [6.45, 7) is 8.12. The second kappa shape index (κ2) is 7.29. The van der Waals surface area contributed by atoms with E-state index in [0.717, 1.165) is 18.5 Å². The summed E-state index contributed by atoms with van der Waals surface area (Å²) >= 11 is 0. The number of hydrogen-bond donors (Lipinski definition) is 1. The van der Waals surface area contributed by atoms with Crippen LogP contribution >= 0.6 is 0 Å². The summed E-state index contributed by atoms with van der Waals surface area (Å²) in [4.78, 5) is 11.9. The molecule has 106 valence electrons. The van der Waals surface area contributed by atoms with Crippen molar-refractivity contribution in [3.8, 4) is 0 Å². The Morgan fingerprint density at radius 3 is 2.47 bits per heavy atom. The number of hydrogen-bond acceptors (Lipinski definition) is 3. The van der Waals surface area contributed by atoms with E-state index in [1.54, 1.807) is 0 Å². The van der Waals surface area contributed by atoms with E-state index in [2.05, 4.69) is 26.1 Å². The molecule has 0 aromatic heterocycles. The molecule has 1 aromatic rings. The number of methoxy groups -OCH3 is 1. The number of esters is 1. The van der Waals surface area contributed by atoms with Crippen LogP contribution in [0.4, 0.5) is 0 Å². The highest BCUT2D eigenvalue weighted by molar-refractivity contribution is 5.78. The van der Waals surface area contributed by atoms with Crippen molar-refractivity contribution < 1.29 is 9.53 Å². The van der Waals surface area contributed by atoms with Gasteiger partial charge in [-0.1, -0.05) is 51.1 Å². The van der Waals surface area contributed by atoms with Gasteiger partial charge in [-0.3, -0.25) is 4.79 Å². The fourth-order valence-corrected chi connectivity index (χ4v) is 1.84. The van der Waals surface area contributed by atoms with Gasteiger partial charge in [0.2, 0.25) is 0 Å². The molecule has 0 heterocycles. The fourth-order valence-electron chi connectivity index (χ4n) is 1.84. The van der Waals surface area contributed by atoms with Crippen molar-refractivity contribution in [2.75, 3.05) is 20.2 Å². The van der Waals surface area contributed by atoms with E-state index < -0.39 is 0 Å². The van der Waals surface area contributed by atoms with E-state index in [0.29, 0.717) is 6.54 Å². The maximum absolute atomic E-state index is 11.9. The van der Waals surface area contributed by atoms with E-state index in [9.17, 15) is 4.79 Å². The van der Waals surface area contributed by atoms with Crippen molar-refractivity contribution in [1.29, 1.82) is 0 Å². The molecule has 0 amide bonds. The molecule has 0 spiro atoms. The minimum atomic E-state index is -0.237. The molecule has 1 N–H and O–H groups in total. The molecule has 3 heteroatoms. The summed E-state index contributed by atoms with van der Waals surface area (Å²) in [6.07, 6.45) is 1.11. The fraction of sp³-hybridized carbons (Fsp3) is 0.562. The average Bonchev–Trinajstić information content (AvgIpc) is 2.44. The van der Waals surface area contributed by atoms with E-state index in [4.69, 9.17) is 4.74 Å². The van der Waals surface area contributed by atoms with Crippen molar-refractivity contribution in [1.82, 2.24) is 5.32 Å². The van der Waals surface area contributed by atoms with Gasteiger partial charge in [0.15, 0.2) is 0 Å². The van der Waals surface area contributed by atoms with Gasteiger partial charge in [0.1, 0.15) is 0 Å². The first-order valence-electron chi connectivity index (χ1n) is 6.83. The van der Waals surface area contributed by atoms with Crippen LogP contribution in [0.1, 0.15) is 38.7 Å². The minimum Gasteiger partial charge on any atom is -0.469 e. The summed E-state index contributed by atoms with van der Waals surface area (Å²) < 4.78 is 4.90. The summed E-state index contributed by atoms with van der Waals surface area (Å²) in [5.41, 5.74) is 1.24. The SMILES string of the molecule is CCC(C)(C)CNCC(C(=O)OC)c1ccccc1. The number of ether oxygens (including phenoxy) is 1. The summed E-state index contributed by atoms with van der Waals surface area (Å²) in [5, 5.41) is 3.39. The molecule has 1 rings (SSSR count). The van der Waals surface area contributed by atoms with Gasteiger partial charge >= 0.3 is 5.97 Å². The molecule has 1 unspecified atom stereocenters. The molecule has 0 aliphatic rings. The Balaban J connectivity index is 2.65. The molecule has 0 aliphatic heterocycles. The highest BCUT2D eigenvalue weighted by Crippen LogP contribution is 2.20. The van der Waals surface area contributed by atoms with E-state index in [-0.39, 0.29) is 17.3 Å². The Bertz CT molecular complexity index is 387. The molecule has 0 saturated carbocycles. The number of carbonyl (C=O) groups excluding carboxylic acids is 1. The second-order valence-corrected chi connectivity index (χ2v) is 5.64. The lowest BCUT2D eigenvalue weighted by Gasteiger charge is -2.24. The lowest BCUT2D eigenvalue weighted by atomic mass is 9.90. The zero-order valence-corrected chi connectivity index (χ0v) is 12.4. The van der Waals surface area contributed by atoms with Crippen LogP contribution in [0.25, 0.3) is 0 Å². The van der Waals surface area contributed by atoms with Crippen LogP contribution in [-0.2, 0) is 9.53 Å². The molecular weight excluding hydrogens is 238 g/mol. The van der Waals surface area contributed by atoms with Crippen molar-refractivity contribution >= 4 is 5.97 Å². The van der Waals surface area contributed by atoms with Gasteiger partial charge in [0.05, 0.1) is 13.0 Å². The molecule has 1 atom stereocenters. The summed E-state index contributed by atoms with van der Waals surface area (Å²) in [7, 11) is 1.44. The van der Waals surface area contributed by atoms with E-state index in [1.807, 2.05) is 30.3 Å². The van der Waals surface area contributed by atoms with Gasteiger partial charge in [-0.15, -0.1) is 0 Å². The van der Waals surface area contributed by atoms with E-state index in [1.165, 1.54) is 7.11 Å². The first-order chi connectivity index (χ1) is 9.00. The molecule has 3 nitrogen and oxygen atoms in total. The highest BCUT2D eigenvalue weighted by atomic mass is 16.5. The number of benzene rings is 1. The maximum Gasteiger partial charge on any atom is 0.314 e. The molecule has 0 radical (unpaired) electrons. The minimum absolute atomic E-state index is 0.187. The zero-order chi connectivity index (χ0) is 14.3. The third-order valence-electron chi connectivity index (χ3n) is 3.60. The van der Waals surface area contributed by atoms with Crippen molar-refractivity contribution in [2.45, 2.75) is 33.1 Å². The standard InChI is InChI=1S/C16H25NO2/c1-5-16(2,3)12-17-11-14(15(18)19-4)13-9-7-6-8-10-13/h6-10,14,17H,5,11-12H2,1-4H3. The normalized spacial score (nSPS) is 13.1. The Labute approximate surface area is 116 Å². The highest BCUT2D eigenvalue weighted by Gasteiger charge is 2.22. The Hall–Kier alpha value is -1.35. The summed E-state index contributed by atoms with van der Waals surface area (Å²) in [6, 6.07) is 9.77. The largest absolute Gasteiger partial charge is 0.469 e. The predicted molar refractivity (Wildman–Crippen MR) is 78.1 cm³/mol. The summed E-state index contributed by atoms with van der Waals surface area (Å²) in [5.74, 6) is -0.424. The third kappa shape index (κ3) is 5.03. The van der Waals surface area contributed by atoms with Gasteiger partial charge in [-0.25, -0.2) is 0 Å². The predicted octanol–water partition coefficient (Wildman–Crippen LogP) is 2.97. The molecule has 0 bridgehead atoms. The second-order valence-electron chi connectivity index (χ2n) is 5.64. The van der Waals surface area contributed by atoms with Gasteiger partial charge in [-0.05, 0) is 17.4 Å². The van der Waals surface area contributed by atoms with E-state index >= 15 is 0 Å². The first-order valence-corrected chi connectivity index (χ1v) is 6.83. The van der Waals surface area contributed by atoms with Crippen molar-refractivity contribution in [3.05, 3.63) is 35.9 Å². The van der Waals surface area contributed by atoms with Crippen LogP contribution in [0, 0.1) is 5.41 Å². The first kappa shape index (κ1) is 15.7. The molecular formula is C16H25NO2. The van der Waals surface area contributed by atoms with Crippen molar-refractivity contribution in [2.24, 2.45) is 5.41 Å².